The fourth-order valence-electron chi connectivity index (χ4n) is 2.33. The third-order valence-electron chi connectivity index (χ3n) is 3.48. The van der Waals surface area contributed by atoms with Gasteiger partial charge in [-0.1, -0.05) is 25.6 Å². The number of amidine groups is 1. The number of carbonyl (C=O) groups is 2. The maximum Gasteiger partial charge on any atom is 0.323 e. The zero-order chi connectivity index (χ0) is 16.0. The molecular weight excluding hydrogens is 292 g/mol. The molecule has 7 heteroatoms. The van der Waals surface area contributed by atoms with Crippen LogP contribution >= 0.6 is 11.8 Å². The van der Waals surface area contributed by atoms with Gasteiger partial charge in [0.25, 0.3) is 0 Å². The largest absolute Gasteiger partial charge is 0.465 e. The van der Waals surface area contributed by atoms with Crippen molar-refractivity contribution >= 4 is 28.9 Å². The summed E-state index contributed by atoms with van der Waals surface area (Å²) < 4.78 is 10.4. The molecule has 2 atom stereocenters. The summed E-state index contributed by atoms with van der Waals surface area (Å²) in [6.45, 7) is 6.05. The van der Waals surface area contributed by atoms with Crippen molar-refractivity contribution < 1.29 is 19.1 Å². The van der Waals surface area contributed by atoms with Gasteiger partial charge in [-0.25, -0.2) is 0 Å². The Morgan fingerprint density at radius 1 is 1.62 bits per heavy atom. The van der Waals surface area contributed by atoms with Crippen molar-refractivity contribution in [2.24, 2.45) is 17.1 Å². The highest BCUT2D eigenvalue weighted by Crippen LogP contribution is 2.41. The van der Waals surface area contributed by atoms with Gasteiger partial charge >= 0.3 is 11.9 Å². The number of esters is 2. The van der Waals surface area contributed by atoms with Crippen LogP contribution in [-0.2, 0) is 19.1 Å². The molecule has 0 spiro atoms. The zero-order valence-corrected chi connectivity index (χ0v) is 13.6. The summed E-state index contributed by atoms with van der Waals surface area (Å²) in [7, 11) is 0. The molecule has 0 aromatic rings. The molecular formula is C14H24N2O4S. The van der Waals surface area contributed by atoms with Crippen LogP contribution in [0, 0.1) is 16.7 Å². The summed E-state index contributed by atoms with van der Waals surface area (Å²) >= 11 is 1.11. The molecule has 1 saturated heterocycles. The Balaban J connectivity index is 2.83. The number of rotatable bonds is 7. The lowest BCUT2D eigenvalue weighted by Crippen LogP contribution is -2.38. The summed E-state index contributed by atoms with van der Waals surface area (Å²) in [6.07, 6.45) is 1.09. The lowest BCUT2D eigenvalue weighted by Gasteiger charge is -2.23. The topological polar surface area (TPSA) is 102 Å². The molecule has 0 bridgehead atoms. The normalized spacial score (nSPS) is 25.0. The molecule has 6 nitrogen and oxygen atoms in total. The van der Waals surface area contributed by atoms with E-state index in [1.807, 2.05) is 13.8 Å². The number of nitrogens with one attached hydrogen (secondary N) is 1. The van der Waals surface area contributed by atoms with Gasteiger partial charge < -0.3 is 15.2 Å². The molecule has 1 aliphatic rings. The summed E-state index contributed by atoms with van der Waals surface area (Å²) in [5.41, 5.74) is 4.10. The number of carbonyl (C=O) groups excluding carboxylic acids is 2. The molecule has 0 aromatic carbocycles. The van der Waals surface area contributed by atoms with Crippen LogP contribution in [0.1, 0.15) is 40.0 Å². The molecule has 3 N–H and O–H groups in total. The van der Waals surface area contributed by atoms with Gasteiger partial charge in [-0.15, -0.1) is 0 Å². The van der Waals surface area contributed by atoms with Crippen LogP contribution in [-0.4, -0.2) is 35.6 Å². The summed E-state index contributed by atoms with van der Waals surface area (Å²) in [5, 5.41) is 7.18. The fraction of sp³-hybridized carbons (Fsp3) is 0.786. The van der Waals surface area contributed by atoms with Crippen molar-refractivity contribution in [2.45, 2.75) is 46.1 Å². The quantitative estimate of drug-likeness (QED) is 0.322. The van der Waals surface area contributed by atoms with Gasteiger partial charge in [0.2, 0.25) is 0 Å². The standard InChI is InChI=1S/C14H24N2O4S/c1-4-19-11(17)14(6-5-9(2)3)7-10(20-12(14)18)8-21-13(15)16/h9-10H,4-8H2,1-3H3,(H3,15,16)/t10-,14-/m1/s1. The van der Waals surface area contributed by atoms with Gasteiger partial charge in [0.1, 0.15) is 6.10 Å². The van der Waals surface area contributed by atoms with Crippen molar-refractivity contribution in [3.8, 4) is 0 Å². The highest BCUT2D eigenvalue weighted by atomic mass is 32.2. The van der Waals surface area contributed by atoms with Gasteiger partial charge in [0, 0.05) is 12.2 Å². The van der Waals surface area contributed by atoms with Crippen molar-refractivity contribution in [1.29, 1.82) is 5.41 Å². The van der Waals surface area contributed by atoms with E-state index in [0.29, 0.717) is 24.5 Å². The predicted octanol–water partition coefficient (Wildman–Crippen LogP) is 1.91. The smallest absolute Gasteiger partial charge is 0.323 e. The average Bonchev–Trinajstić information content (AvgIpc) is 2.72. The fourth-order valence-corrected chi connectivity index (χ4v) is 2.88. The molecule has 21 heavy (non-hydrogen) atoms. The van der Waals surface area contributed by atoms with Crippen molar-refractivity contribution in [2.75, 3.05) is 12.4 Å². The van der Waals surface area contributed by atoms with Crippen molar-refractivity contribution in [3.63, 3.8) is 0 Å². The van der Waals surface area contributed by atoms with E-state index in [0.717, 1.165) is 18.2 Å². The maximum atomic E-state index is 12.3. The highest BCUT2D eigenvalue weighted by molar-refractivity contribution is 8.13. The third kappa shape index (κ3) is 4.62. The number of nitrogens with two attached hydrogens (primary N) is 1. The SMILES string of the molecule is CCOC(=O)[C@@]1(CCC(C)C)C[C@H](CSC(=N)N)OC1=O. The Kier molecular flexibility index (Phi) is 6.51. The van der Waals surface area contributed by atoms with Gasteiger partial charge in [0.05, 0.1) is 6.61 Å². The lowest BCUT2D eigenvalue weighted by molar-refractivity contribution is -0.165. The molecule has 0 unspecified atom stereocenters. The molecule has 0 saturated carbocycles. The predicted molar refractivity (Wildman–Crippen MR) is 82.0 cm³/mol. The molecule has 0 aliphatic carbocycles. The second kappa shape index (κ2) is 7.68. The van der Waals surface area contributed by atoms with Crippen LogP contribution in [0.5, 0.6) is 0 Å². The van der Waals surface area contributed by atoms with E-state index in [1.165, 1.54) is 0 Å². The second-order valence-electron chi connectivity index (χ2n) is 5.64. The Labute approximate surface area is 129 Å². The van der Waals surface area contributed by atoms with Gasteiger partial charge in [-0.3, -0.25) is 15.0 Å². The minimum Gasteiger partial charge on any atom is -0.465 e. The van der Waals surface area contributed by atoms with E-state index in [9.17, 15) is 9.59 Å². The minimum atomic E-state index is -1.19. The Bertz CT molecular complexity index is 414. The molecule has 0 radical (unpaired) electrons. The van der Waals surface area contributed by atoms with Crippen molar-refractivity contribution in [3.05, 3.63) is 0 Å². The van der Waals surface area contributed by atoms with E-state index in [2.05, 4.69) is 0 Å². The minimum absolute atomic E-state index is 0.0261. The van der Waals surface area contributed by atoms with E-state index in [-0.39, 0.29) is 11.8 Å². The first-order chi connectivity index (χ1) is 9.81. The second-order valence-corrected chi connectivity index (χ2v) is 6.70. The van der Waals surface area contributed by atoms with Crippen LogP contribution in [0.15, 0.2) is 0 Å². The van der Waals surface area contributed by atoms with E-state index >= 15 is 0 Å². The molecule has 1 fully saturated rings. The highest BCUT2D eigenvalue weighted by Gasteiger charge is 2.55. The zero-order valence-electron chi connectivity index (χ0n) is 12.8. The van der Waals surface area contributed by atoms with Crippen LogP contribution in [0.25, 0.3) is 0 Å². The number of ether oxygens (including phenoxy) is 2. The first-order valence-corrected chi connectivity index (χ1v) is 8.15. The van der Waals surface area contributed by atoms with Crippen LogP contribution in [0.4, 0.5) is 0 Å². The first kappa shape index (κ1) is 17.8. The summed E-state index contributed by atoms with van der Waals surface area (Å²) in [5.74, 6) is -0.222. The summed E-state index contributed by atoms with van der Waals surface area (Å²) in [6, 6.07) is 0. The number of thioether (sulfide) groups is 1. The Hall–Kier alpha value is -1.24. The Morgan fingerprint density at radius 3 is 2.81 bits per heavy atom. The monoisotopic (exact) mass is 316 g/mol. The Morgan fingerprint density at radius 2 is 2.29 bits per heavy atom. The van der Waals surface area contributed by atoms with Crippen LogP contribution in [0.2, 0.25) is 0 Å². The van der Waals surface area contributed by atoms with Crippen molar-refractivity contribution in [1.82, 2.24) is 0 Å². The molecule has 0 amide bonds. The van der Waals surface area contributed by atoms with E-state index in [4.69, 9.17) is 20.6 Å². The van der Waals surface area contributed by atoms with E-state index in [1.54, 1.807) is 6.92 Å². The average molecular weight is 316 g/mol. The van der Waals surface area contributed by atoms with E-state index < -0.39 is 23.5 Å². The van der Waals surface area contributed by atoms with Gasteiger partial charge in [-0.2, -0.15) is 0 Å². The molecule has 0 aromatic heterocycles. The van der Waals surface area contributed by atoms with Gasteiger partial charge in [-0.05, 0) is 25.7 Å². The maximum absolute atomic E-state index is 12.3. The molecule has 120 valence electrons. The third-order valence-corrected chi connectivity index (χ3v) is 4.33. The summed E-state index contributed by atoms with van der Waals surface area (Å²) in [4.78, 5) is 24.5. The molecule has 1 rings (SSSR count). The lowest BCUT2D eigenvalue weighted by atomic mass is 9.79. The van der Waals surface area contributed by atoms with Crippen LogP contribution < -0.4 is 5.73 Å². The van der Waals surface area contributed by atoms with Crippen LogP contribution in [0.3, 0.4) is 0 Å². The van der Waals surface area contributed by atoms with Gasteiger partial charge in [0.15, 0.2) is 10.6 Å². The molecule has 1 heterocycles. The first-order valence-electron chi connectivity index (χ1n) is 7.17. The number of cyclic esters (lactones) is 1. The molecule has 1 aliphatic heterocycles. The number of hydrogen-bond donors (Lipinski definition) is 2. The number of hydrogen-bond acceptors (Lipinski definition) is 6.